The number of β-amino-alcohol motifs (C(OH)–C–C–N with tert-alkyl or cyclic N) is 1. The normalized spacial score (nSPS) is 16.3. The average Bonchev–Trinajstić information content (AvgIpc) is 3.75. The number of carbonyl (C=O) groups is 4. The minimum absolute atomic E-state index is 0.0131. The highest BCUT2D eigenvalue weighted by Crippen LogP contribution is 2.28. The molecule has 1 aromatic heterocycles. The van der Waals surface area contributed by atoms with Crippen LogP contribution in [0.4, 0.5) is 4.79 Å². The Morgan fingerprint density at radius 1 is 0.906 bits per heavy atom. The van der Waals surface area contributed by atoms with E-state index in [4.69, 9.17) is 23.7 Å². The number of carbonyl (C=O) groups excluding carboxylic acids is 4. The second-order valence-corrected chi connectivity index (χ2v) is 14.2. The molecule has 1 aliphatic rings. The van der Waals surface area contributed by atoms with Crippen LogP contribution in [0.2, 0.25) is 0 Å². The number of nitrogens with zero attached hydrogens (tertiary/aromatic N) is 2. The van der Waals surface area contributed by atoms with Crippen molar-refractivity contribution in [1.29, 1.82) is 0 Å². The molecule has 0 saturated carbocycles. The molecule has 4 N–H and O–H groups in total. The lowest BCUT2D eigenvalue weighted by Gasteiger charge is -2.35. The molecule has 1 saturated heterocycles. The monoisotopic (exact) mass is 765 g/mol. The van der Waals surface area contributed by atoms with E-state index in [1.54, 1.807) is 11.3 Å². The number of ether oxygens (including phenoxy) is 6. The number of amides is 4. The first-order chi connectivity index (χ1) is 25.4. The lowest BCUT2D eigenvalue weighted by molar-refractivity contribution is -0.144. The molecule has 0 radical (unpaired) electrons. The second kappa shape index (κ2) is 23.2. The number of aliphatic hydroxyl groups excluding tert-OH is 1. The molecule has 2 aromatic rings. The number of aliphatic hydroxyl groups is 1. The average molecular weight is 766 g/mol. The first kappa shape index (κ1) is 43.7. The van der Waals surface area contributed by atoms with Crippen molar-refractivity contribution in [2.45, 2.75) is 58.8 Å². The topological polar surface area (TPSA) is 196 Å². The summed E-state index contributed by atoms with van der Waals surface area (Å²) in [5.74, 6) is -1.30. The van der Waals surface area contributed by atoms with Crippen LogP contribution in [0.1, 0.15) is 38.4 Å². The molecule has 4 amide bonds. The predicted molar refractivity (Wildman–Crippen MR) is 196 cm³/mol. The molecule has 16 nitrogen and oxygen atoms in total. The van der Waals surface area contributed by atoms with Gasteiger partial charge in [-0.15, -0.1) is 11.3 Å². The van der Waals surface area contributed by atoms with Gasteiger partial charge in [0.15, 0.2) is 0 Å². The number of nitrogens with one attached hydrogen (secondary N) is 3. The van der Waals surface area contributed by atoms with Crippen molar-refractivity contribution in [3.63, 3.8) is 0 Å². The summed E-state index contributed by atoms with van der Waals surface area (Å²) in [5.41, 5.74) is 4.03. The standard InChI is InChI=1S/C36H55N5O11S/c1-25-31(53-24-39-25)27-8-6-26(7-9-27)21-38-33(44)29-20-28(42)22-41(29)34(45)32(36(2,3)4)40-30(43)23-52-19-18-51-17-16-50-15-14-49-13-12-48-11-10-37-35(46)47-5/h6-9,24,28-29,32,42H,10-23H2,1-5H3,(H,37,46)(H,38,44)(H,40,43)/t28-,29+,32-/m1/s1. The lowest BCUT2D eigenvalue weighted by Crippen LogP contribution is -2.58. The molecule has 1 aromatic carbocycles. The van der Waals surface area contributed by atoms with Gasteiger partial charge in [-0.25, -0.2) is 9.78 Å². The van der Waals surface area contributed by atoms with Crippen molar-refractivity contribution in [3.8, 4) is 10.4 Å². The number of rotatable bonds is 23. The molecule has 3 atom stereocenters. The smallest absolute Gasteiger partial charge is 0.406 e. The van der Waals surface area contributed by atoms with Crippen LogP contribution in [-0.2, 0) is 49.3 Å². The van der Waals surface area contributed by atoms with Gasteiger partial charge in [-0.05, 0) is 23.5 Å². The van der Waals surface area contributed by atoms with Gasteiger partial charge in [0.05, 0.1) is 88.8 Å². The third kappa shape index (κ3) is 15.7. The van der Waals surface area contributed by atoms with E-state index in [1.807, 2.05) is 57.5 Å². The van der Waals surface area contributed by atoms with Crippen molar-refractivity contribution in [2.24, 2.45) is 5.41 Å². The minimum Gasteiger partial charge on any atom is -0.453 e. The molecular weight excluding hydrogens is 710 g/mol. The van der Waals surface area contributed by atoms with Crippen LogP contribution in [-0.4, -0.2) is 143 Å². The van der Waals surface area contributed by atoms with Gasteiger partial charge < -0.3 is 54.4 Å². The Labute approximate surface area is 315 Å². The van der Waals surface area contributed by atoms with Crippen molar-refractivity contribution in [1.82, 2.24) is 25.8 Å². The number of aromatic nitrogens is 1. The van der Waals surface area contributed by atoms with Crippen LogP contribution in [0, 0.1) is 12.3 Å². The van der Waals surface area contributed by atoms with Gasteiger partial charge in [0.25, 0.3) is 0 Å². The molecule has 53 heavy (non-hydrogen) atoms. The number of thiazole rings is 1. The van der Waals surface area contributed by atoms with E-state index in [-0.39, 0.29) is 45.2 Å². The van der Waals surface area contributed by atoms with Gasteiger partial charge in [-0.2, -0.15) is 0 Å². The fourth-order valence-electron chi connectivity index (χ4n) is 5.32. The maximum atomic E-state index is 13.8. The van der Waals surface area contributed by atoms with E-state index in [1.165, 1.54) is 12.0 Å². The predicted octanol–water partition coefficient (Wildman–Crippen LogP) is 1.67. The van der Waals surface area contributed by atoms with Crippen LogP contribution in [0.15, 0.2) is 29.8 Å². The van der Waals surface area contributed by atoms with Crippen LogP contribution in [0.5, 0.6) is 0 Å². The zero-order chi connectivity index (χ0) is 38.6. The van der Waals surface area contributed by atoms with Crippen molar-refractivity contribution < 1.29 is 52.7 Å². The van der Waals surface area contributed by atoms with E-state index >= 15 is 0 Å². The Kier molecular flexibility index (Phi) is 19.1. The summed E-state index contributed by atoms with van der Waals surface area (Å²) >= 11 is 1.57. The zero-order valence-corrected chi connectivity index (χ0v) is 32.2. The van der Waals surface area contributed by atoms with Crippen molar-refractivity contribution >= 4 is 35.2 Å². The zero-order valence-electron chi connectivity index (χ0n) is 31.4. The molecule has 3 rings (SSSR count). The summed E-state index contributed by atoms with van der Waals surface area (Å²) in [6, 6.07) is 6.01. The van der Waals surface area contributed by atoms with E-state index in [2.05, 4.69) is 25.7 Å². The van der Waals surface area contributed by atoms with Crippen molar-refractivity contribution in [2.75, 3.05) is 86.3 Å². The molecule has 1 fully saturated rings. The molecule has 0 unspecified atom stereocenters. The highest BCUT2D eigenvalue weighted by atomic mass is 32.1. The second-order valence-electron chi connectivity index (χ2n) is 13.4. The molecule has 1 aliphatic heterocycles. The molecule has 0 spiro atoms. The van der Waals surface area contributed by atoms with Crippen molar-refractivity contribution in [3.05, 3.63) is 41.0 Å². The summed E-state index contributed by atoms with van der Waals surface area (Å²) in [4.78, 5) is 57.6. The summed E-state index contributed by atoms with van der Waals surface area (Å²) < 4.78 is 31.6. The molecule has 0 aliphatic carbocycles. The van der Waals surface area contributed by atoms with Crippen LogP contribution in [0.25, 0.3) is 10.4 Å². The number of aryl methyl sites for hydroxylation is 1. The molecule has 0 bridgehead atoms. The van der Waals surface area contributed by atoms with Gasteiger partial charge >= 0.3 is 6.09 Å². The summed E-state index contributed by atoms with van der Waals surface area (Å²) in [6.07, 6.45) is -1.27. The number of benzene rings is 1. The molecule has 17 heteroatoms. The van der Waals surface area contributed by atoms with Gasteiger partial charge in [-0.1, -0.05) is 45.0 Å². The molecule has 296 valence electrons. The van der Waals surface area contributed by atoms with Gasteiger partial charge in [0.2, 0.25) is 17.7 Å². The lowest BCUT2D eigenvalue weighted by atomic mass is 9.85. The van der Waals surface area contributed by atoms with Gasteiger partial charge in [-0.3, -0.25) is 14.4 Å². The summed E-state index contributed by atoms with van der Waals surface area (Å²) in [7, 11) is 1.30. The third-order valence-corrected chi connectivity index (χ3v) is 9.11. The number of methoxy groups -OCH3 is 1. The van der Waals surface area contributed by atoms with E-state index in [9.17, 15) is 24.3 Å². The third-order valence-electron chi connectivity index (χ3n) is 8.13. The largest absolute Gasteiger partial charge is 0.453 e. The highest BCUT2D eigenvalue weighted by molar-refractivity contribution is 7.13. The first-order valence-electron chi connectivity index (χ1n) is 17.7. The van der Waals surface area contributed by atoms with E-state index in [0.717, 1.165) is 21.7 Å². The minimum atomic E-state index is -0.956. The fourth-order valence-corrected chi connectivity index (χ4v) is 6.14. The highest BCUT2D eigenvalue weighted by Gasteiger charge is 2.44. The Balaban J connectivity index is 1.31. The number of hydrogen-bond acceptors (Lipinski definition) is 13. The van der Waals surface area contributed by atoms with Gasteiger partial charge in [0, 0.05) is 26.1 Å². The fraction of sp³-hybridized carbons (Fsp3) is 0.639. The Hall–Kier alpha value is -3.71. The van der Waals surface area contributed by atoms with E-state index in [0.29, 0.717) is 52.8 Å². The van der Waals surface area contributed by atoms with Crippen LogP contribution < -0.4 is 16.0 Å². The van der Waals surface area contributed by atoms with Crippen LogP contribution >= 0.6 is 11.3 Å². The van der Waals surface area contributed by atoms with Crippen LogP contribution in [0.3, 0.4) is 0 Å². The Morgan fingerprint density at radius 2 is 1.49 bits per heavy atom. The Morgan fingerprint density at radius 3 is 2.04 bits per heavy atom. The maximum Gasteiger partial charge on any atom is 0.406 e. The molecule has 2 heterocycles. The summed E-state index contributed by atoms with van der Waals surface area (Å²) in [5, 5.41) is 18.6. The van der Waals surface area contributed by atoms with Gasteiger partial charge in [0.1, 0.15) is 18.7 Å². The van der Waals surface area contributed by atoms with E-state index < -0.39 is 41.5 Å². The SMILES string of the molecule is COC(=O)NCCOCCOCCOCCOCCOCC(=O)N[C@H](C(=O)N1C[C@H](O)C[C@H]1C(=O)NCc1ccc(-c2scnc2C)cc1)C(C)(C)C. The quantitative estimate of drug-likeness (QED) is 0.120. The summed E-state index contributed by atoms with van der Waals surface area (Å²) in [6.45, 7) is 10.8. The number of likely N-dealkylation sites (tertiary alicyclic amines) is 1. The molecular formula is C36H55N5O11S. The number of alkyl carbamates (subject to hydrolysis) is 1. The number of hydrogen-bond donors (Lipinski definition) is 4. The Bertz CT molecular complexity index is 1420. The first-order valence-corrected chi connectivity index (χ1v) is 18.5. The maximum absolute atomic E-state index is 13.8.